The Hall–Kier alpha value is -0.570. The Morgan fingerprint density at radius 1 is 1.43 bits per heavy atom. The highest BCUT2D eigenvalue weighted by molar-refractivity contribution is 5.75. The molecule has 1 fully saturated rings. The molecule has 1 rings (SSSR count). The second-order valence-corrected chi connectivity index (χ2v) is 4.63. The maximum absolute atomic E-state index is 11.2. The highest BCUT2D eigenvalue weighted by atomic mass is 16.1. The summed E-state index contributed by atoms with van der Waals surface area (Å²) in [5, 5.41) is 6.25. The summed E-state index contributed by atoms with van der Waals surface area (Å²) >= 11 is 0. The Kier molecular flexibility index (Phi) is 3.93. The van der Waals surface area contributed by atoms with Crippen molar-refractivity contribution in [2.24, 2.45) is 5.92 Å². The quantitative estimate of drug-likeness (QED) is 0.675. The average molecular weight is 198 g/mol. The van der Waals surface area contributed by atoms with Gasteiger partial charge in [0.15, 0.2) is 0 Å². The SMILES string of the molecule is CCNC(=O)CCNC(C)(C)C1CC1. The summed E-state index contributed by atoms with van der Waals surface area (Å²) in [5.74, 6) is 0.961. The van der Waals surface area contributed by atoms with E-state index in [-0.39, 0.29) is 11.4 Å². The van der Waals surface area contributed by atoms with Crippen LogP contribution in [0, 0.1) is 5.92 Å². The molecule has 0 aliphatic heterocycles. The second-order valence-electron chi connectivity index (χ2n) is 4.63. The maximum Gasteiger partial charge on any atom is 0.221 e. The van der Waals surface area contributed by atoms with Gasteiger partial charge in [0.05, 0.1) is 0 Å². The first kappa shape index (κ1) is 11.5. The van der Waals surface area contributed by atoms with Crippen LogP contribution in [0.4, 0.5) is 0 Å². The average Bonchev–Trinajstić information content (AvgIpc) is 2.86. The summed E-state index contributed by atoms with van der Waals surface area (Å²) in [4.78, 5) is 11.2. The van der Waals surface area contributed by atoms with Crippen LogP contribution in [0.3, 0.4) is 0 Å². The normalized spacial score (nSPS) is 16.8. The molecule has 1 aliphatic carbocycles. The highest BCUT2D eigenvalue weighted by Crippen LogP contribution is 2.38. The number of amides is 1. The number of carbonyl (C=O) groups is 1. The molecule has 1 saturated carbocycles. The van der Waals surface area contributed by atoms with Crippen molar-refractivity contribution in [3.8, 4) is 0 Å². The molecule has 0 heterocycles. The summed E-state index contributed by atoms with van der Waals surface area (Å²) in [5.41, 5.74) is 0.215. The molecule has 14 heavy (non-hydrogen) atoms. The van der Waals surface area contributed by atoms with E-state index in [1.165, 1.54) is 12.8 Å². The smallest absolute Gasteiger partial charge is 0.221 e. The standard InChI is InChI=1S/C11H22N2O/c1-4-12-10(14)7-8-13-11(2,3)9-5-6-9/h9,13H,4-8H2,1-3H3,(H,12,14). The van der Waals surface area contributed by atoms with E-state index in [0.717, 1.165) is 19.0 Å². The molecule has 0 unspecified atom stereocenters. The van der Waals surface area contributed by atoms with E-state index in [4.69, 9.17) is 0 Å². The molecule has 0 saturated heterocycles. The first-order valence-corrected chi connectivity index (χ1v) is 5.58. The monoisotopic (exact) mass is 198 g/mol. The molecule has 0 aromatic carbocycles. The predicted octanol–water partition coefficient (Wildman–Crippen LogP) is 1.29. The van der Waals surface area contributed by atoms with E-state index in [1.54, 1.807) is 0 Å². The van der Waals surface area contributed by atoms with Crippen LogP contribution >= 0.6 is 0 Å². The zero-order chi connectivity index (χ0) is 10.6. The van der Waals surface area contributed by atoms with Crippen LogP contribution in [0.15, 0.2) is 0 Å². The topological polar surface area (TPSA) is 41.1 Å². The minimum atomic E-state index is 0.145. The number of hydrogen-bond donors (Lipinski definition) is 2. The zero-order valence-electron chi connectivity index (χ0n) is 9.52. The van der Waals surface area contributed by atoms with Gasteiger partial charge >= 0.3 is 0 Å². The van der Waals surface area contributed by atoms with Crippen LogP contribution in [0.2, 0.25) is 0 Å². The molecule has 0 bridgehead atoms. The van der Waals surface area contributed by atoms with E-state index in [9.17, 15) is 4.79 Å². The van der Waals surface area contributed by atoms with Gasteiger partial charge in [0.1, 0.15) is 0 Å². The van der Waals surface area contributed by atoms with Crippen molar-refractivity contribution >= 4 is 5.91 Å². The number of rotatable bonds is 6. The van der Waals surface area contributed by atoms with Gasteiger partial charge in [-0.25, -0.2) is 0 Å². The van der Waals surface area contributed by atoms with Gasteiger partial charge in [-0.15, -0.1) is 0 Å². The van der Waals surface area contributed by atoms with Crippen LogP contribution in [-0.4, -0.2) is 24.5 Å². The van der Waals surface area contributed by atoms with Crippen LogP contribution < -0.4 is 10.6 Å². The first-order valence-electron chi connectivity index (χ1n) is 5.58. The van der Waals surface area contributed by atoms with Crippen molar-refractivity contribution in [3.05, 3.63) is 0 Å². The third kappa shape index (κ3) is 3.66. The Morgan fingerprint density at radius 3 is 2.57 bits per heavy atom. The molecule has 0 spiro atoms. The molecular weight excluding hydrogens is 176 g/mol. The Labute approximate surface area is 86.6 Å². The number of carbonyl (C=O) groups excluding carboxylic acids is 1. The van der Waals surface area contributed by atoms with E-state index in [2.05, 4.69) is 24.5 Å². The van der Waals surface area contributed by atoms with Gasteiger partial charge in [-0.3, -0.25) is 4.79 Å². The van der Waals surface area contributed by atoms with Gasteiger partial charge in [-0.2, -0.15) is 0 Å². The minimum absolute atomic E-state index is 0.145. The fraction of sp³-hybridized carbons (Fsp3) is 0.909. The van der Waals surface area contributed by atoms with Crippen molar-refractivity contribution in [2.45, 2.75) is 45.6 Å². The van der Waals surface area contributed by atoms with E-state index in [1.807, 2.05) is 6.92 Å². The van der Waals surface area contributed by atoms with Crippen LogP contribution in [0.25, 0.3) is 0 Å². The van der Waals surface area contributed by atoms with Crippen LogP contribution in [0.5, 0.6) is 0 Å². The molecule has 1 aliphatic rings. The van der Waals surface area contributed by atoms with Crippen molar-refractivity contribution in [1.82, 2.24) is 10.6 Å². The Balaban J connectivity index is 2.10. The number of hydrogen-bond acceptors (Lipinski definition) is 2. The van der Waals surface area contributed by atoms with Crippen LogP contribution in [-0.2, 0) is 4.79 Å². The molecule has 1 amide bonds. The van der Waals surface area contributed by atoms with Gasteiger partial charge in [0.25, 0.3) is 0 Å². The van der Waals surface area contributed by atoms with Gasteiger partial charge < -0.3 is 10.6 Å². The van der Waals surface area contributed by atoms with Crippen molar-refractivity contribution < 1.29 is 4.79 Å². The maximum atomic E-state index is 11.2. The fourth-order valence-electron chi connectivity index (χ4n) is 1.73. The lowest BCUT2D eigenvalue weighted by molar-refractivity contribution is -0.120. The van der Waals surface area contributed by atoms with Crippen LogP contribution in [0.1, 0.15) is 40.0 Å². The van der Waals surface area contributed by atoms with Gasteiger partial charge in [-0.1, -0.05) is 0 Å². The minimum Gasteiger partial charge on any atom is -0.356 e. The third-order valence-corrected chi connectivity index (χ3v) is 2.90. The fourth-order valence-corrected chi connectivity index (χ4v) is 1.73. The number of nitrogens with one attached hydrogen (secondary N) is 2. The summed E-state index contributed by atoms with van der Waals surface area (Å²) in [6, 6.07) is 0. The molecule has 0 aromatic heterocycles. The first-order chi connectivity index (χ1) is 6.56. The van der Waals surface area contributed by atoms with E-state index in [0.29, 0.717) is 6.42 Å². The Bertz CT molecular complexity index is 197. The van der Waals surface area contributed by atoms with Crippen molar-refractivity contribution in [1.29, 1.82) is 0 Å². The van der Waals surface area contributed by atoms with Gasteiger partial charge in [0, 0.05) is 25.0 Å². The van der Waals surface area contributed by atoms with Crippen molar-refractivity contribution in [3.63, 3.8) is 0 Å². The van der Waals surface area contributed by atoms with Crippen molar-refractivity contribution in [2.75, 3.05) is 13.1 Å². The zero-order valence-corrected chi connectivity index (χ0v) is 9.52. The molecule has 3 heteroatoms. The second kappa shape index (κ2) is 4.78. The Morgan fingerprint density at radius 2 is 2.07 bits per heavy atom. The molecule has 2 N–H and O–H groups in total. The lowest BCUT2D eigenvalue weighted by Gasteiger charge is -2.26. The molecule has 0 aromatic rings. The summed E-state index contributed by atoms with van der Waals surface area (Å²) in [7, 11) is 0. The molecule has 3 nitrogen and oxygen atoms in total. The third-order valence-electron chi connectivity index (χ3n) is 2.90. The lowest BCUT2D eigenvalue weighted by atomic mass is 9.99. The van der Waals surface area contributed by atoms with E-state index >= 15 is 0 Å². The summed E-state index contributed by atoms with van der Waals surface area (Å²) < 4.78 is 0. The summed E-state index contributed by atoms with van der Waals surface area (Å²) in [6.45, 7) is 7.91. The lowest BCUT2D eigenvalue weighted by Crippen LogP contribution is -2.43. The molecular formula is C11H22N2O. The molecule has 0 atom stereocenters. The predicted molar refractivity (Wildman–Crippen MR) is 58.1 cm³/mol. The highest BCUT2D eigenvalue weighted by Gasteiger charge is 2.36. The molecule has 0 radical (unpaired) electrons. The summed E-state index contributed by atoms with van der Waals surface area (Å²) in [6.07, 6.45) is 3.26. The van der Waals surface area contributed by atoms with Gasteiger partial charge in [-0.05, 0) is 39.5 Å². The molecule has 82 valence electrons. The largest absolute Gasteiger partial charge is 0.356 e. The van der Waals surface area contributed by atoms with E-state index < -0.39 is 0 Å². The van der Waals surface area contributed by atoms with Gasteiger partial charge in [0.2, 0.25) is 5.91 Å².